The number of nitrogens with zero attached hydrogens (tertiary/aromatic N) is 1. The molecular formula is C22H25NO4S. The molecule has 0 bridgehead atoms. The van der Waals surface area contributed by atoms with Crippen molar-refractivity contribution in [2.75, 3.05) is 26.8 Å². The number of likely N-dealkylation sites (tertiary alicyclic amines) is 1. The molecule has 0 aliphatic carbocycles. The van der Waals surface area contributed by atoms with Gasteiger partial charge in [0.25, 0.3) is 0 Å². The molecule has 0 spiro atoms. The Labute approximate surface area is 170 Å². The molecule has 1 N–H and O–H groups in total. The summed E-state index contributed by atoms with van der Waals surface area (Å²) in [4.78, 5) is 13.7. The van der Waals surface area contributed by atoms with Crippen molar-refractivity contribution >= 4 is 23.2 Å². The van der Waals surface area contributed by atoms with Crippen LogP contribution in [0.2, 0.25) is 0 Å². The first-order chi connectivity index (χ1) is 13.6. The second kappa shape index (κ2) is 9.55. The molecule has 2 aromatic carbocycles. The number of hydrogen-bond acceptors (Lipinski definition) is 4. The van der Waals surface area contributed by atoms with Crippen molar-refractivity contribution in [1.29, 1.82) is 0 Å². The molecule has 1 heterocycles. The Bertz CT molecular complexity index is 817. The van der Waals surface area contributed by atoms with Crippen LogP contribution in [0.3, 0.4) is 0 Å². The summed E-state index contributed by atoms with van der Waals surface area (Å²) in [5.41, 5.74) is 2.28. The lowest BCUT2D eigenvalue weighted by Gasteiger charge is -2.34. The SMILES string of the molecule is COc1cc(C(=S)N2CCC(Cc3ccccc3)CC2)ccc1OCC(=O)O. The summed E-state index contributed by atoms with van der Waals surface area (Å²) < 4.78 is 10.6. The summed E-state index contributed by atoms with van der Waals surface area (Å²) in [6, 6.07) is 16.0. The van der Waals surface area contributed by atoms with Crippen LogP contribution < -0.4 is 9.47 Å². The molecule has 3 rings (SSSR count). The summed E-state index contributed by atoms with van der Waals surface area (Å²) in [5.74, 6) is 0.542. The standard InChI is InChI=1S/C22H25NO4S/c1-26-20-14-18(7-8-19(20)27-15-21(24)25)22(28)23-11-9-17(10-12-23)13-16-5-3-2-4-6-16/h2-8,14,17H,9-13,15H2,1H3,(H,24,25). The lowest BCUT2D eigenvalue weighted by molar-refractivity contribution is -0.139. The summed E-state index contributed by atoms with van der Waals surface area (Å²) in [6.45, 7) is 1.47. The van der Waals surface area contributed by atoms with Crippen molar-refractivity contribution in [1.82, 2.24) is 4.90 Å². The Morgan fingerprint density at radius 2 is 1.86 bits per heavy atom. The highest BCUT2D eigenvalue weighted by Gasteiger charge is 2.22. The minimum absolute atomic E-state index is 0.401. The van der Waals surface area contributed by atoms with Gasteiger partial charge in [-0.15, -0.1) is 0 Å². The van der Waals surface area contributed by atoms with E-state index < -0.39 is 12.6 Å². The largest absolute Gasteiger partial charge is 0.493 e. The summed E-state index contributed by atoms with van der Waals surface area (Å²) >= 11 is 5.70. The van der Waals surface area contributed by atoms with Gasteiger partial charge in [0.1, 0.15) is 4.99 Å². The van der Waals surface area contributed by atoms with E-state index in [4.69, 9.17) is 26.8 Å². The Kier molecular flexibility index (Phi) is 6.87. The third kappa shape index (κ3) is 5.23. The minimum Gasteiger partial charge on any atom is -0.493 e. The highest BCUT2D eigenvalue weighted by Crippen LogP contribution is 2.30. The third-order valence-electron chi connectivity index (χ3n) is 5.03. The number of ether oxygens (including phenoxy) is 2. The van der Waals surface area contributed by atoms with Crippen LogP contribution in [0.25, 0.3) is 0 Å². The predicted octanol–water partition coefficient (Wildman–Crippen LogP) is 3.79. The van der Waals surface area contributed by atoms with E-state index in [1.807, 2.05) is 12.1 Å². The molecule has 0 saturated carbocycles. The first-order valence-corrected chi connectivity index (χ1v) is 9.83. The van der Waals surface area contributed by atoms with E-state index in [-0.39, 0.29) is 0 Å². The van der Waals surface area contributed by atoms with Crippen LogP contribution in [0.5, 0.6) is 11.5 Å². The lowest BCUT2D eigenvalue weighted by atomic mass is 9.90. The van der Waals surface area contributed by atoms with Crippen molar-refractivity contribution in [2.24, 2.45) is 5.92 Å². The molecule has 1 fully saturated rings. The fourth-order valence-corrected chi connectivity index (χ4v) is 3.84. The minimum atomic E-state index is -1.03. The van der Waals surface area contributed by atoms with E-state index >= 15 is 0 Å². The zero-order valence-corrected chi connectivity index (χ0v) is 16.8. The molecule has 148 valence electrons. The molecule has 1 aliphatic heterocycles. The number of piperidine rings is 1. The van der Waals surface area contributed by atoms with E-state index in [0.29, 0.717) is 17.4 Å². The lowest BCUT2D eigenvalue weighted by Crippen LogP contribution is -2.38. The van der Waals surface area contributed by atoms with Crippen molar-refractivity contribution in [3.8, 4) is 11.5 Å². The molecule has 0 unspecified atom stereocenters. The number of thiocarbonyl (C=S) groups is 1. The van der Waals surface area contributed by atoms with Crippen LogP contribution in [0.1, 0.15) is 24.0 Å². The normalized spacial score (nSPS) is 14.5. The molecule has 0 radical (unpaired) electrons. The molecule has 5 nitrogen and oxygen atoms in total. The van der Waals surface area contributed by atoms with Gasteiger partial charge in [0, 0.05) is 18.7 Å². The van der Waals surface area contributed by atoms with Gasteiger partial charge in [-0.05, 0) is 48.9 Å². The molecule has 28 heavy (non-hydrogen) atoms. The molecule has 1 aliphatic rings. The maximum Gasteiger partial charge on any atom is 0.341 e. The molecule has 1 saturated heterocycles. The highest BCUT2D eigenvalue weighted by atomic mass is 32.1. The molecule has 6 heteroatoms. The monoisotopic (exact) mass is 399 g/mol. The van der Waals surface area contributed by atoms with Gasteiger partial charge in [0.05, 0.1) is 7.11 Å². The molecule has 2 aromatic rings. The number of carbonyl (C=O) groups is 1. The first kappa shape index (κ1) is 20.1. The maximum atomic E-state index is 10.7. The Balaban J connectivity index is 1.59. The van der Waals surface area contributed by atoms with E-state index in [0.717, 1.165) is 42.9 Å². The van der Waals surface area contributed by atoms with Crippen LogP contribution >= 0.6 is 12.2 Å². The Morgan fingerprint density at radius 1 is 1.14 bits per heavy atom. The fraction of sp³-hybridized carbons (Fsp3) is 0.364. The van der Waals surface area contributed by atoms with Gasteiger partial charge in [0.2, 0.25) is 0 Å². The third-order valence-corrected chi connectivity index (χ3v) is 5.52. The van der Waals surface area contributed by atoms with Crippen molar-refractivity contribution < 1.29 is 19.4 Å². The zero-order chi connectivity index (χ0) is 19.9. The van der Waals surface area contributed by atoms with E-state index in [1.54, 1.807) is 6.07 Å². The second-order valence-electron chi connectivity index (χ2n) is 6.97. The molecule has 0 aromatic heterocycles. The highest BCUT2D eigenvalue weighted by molar-refractivity contribution is 7.80. The topological polar surface area (TPSA) is 59.0 Å². The number of aliphatic carboxylic acids is 1. The second-order valence-corrected chi connectivity index (χ2v) is 7.36. The number of benzene rings is 2. The van der Waals surface area contributed by atoms with Gasteiger partial charge >= 0.3 is 5.97 Å². The van der Waals surface area contributed by atoms with Gasteiger partial charge < -0.3 is 19.5 Å². The summed E-state index contributed by atoms with van der Waals surface area (Å²) in [6.07, 6.45) is 3.35. The van der Waals surface area contributed by atoms with E-state index in [1.165, 1.54) is 12.7 Å². The van der Waals surface area contributed by atoms with Gasteiger partial charge in [0.15, 0.2) is 18.1 Å². The van der Waals surface area contributed by atoms with Crippen molar-refractivity contribution in [3.63, 3.8) is 0 Å². The quantitative estimate of drug-likeness (QED) is 0.715. The van der Waals surface area contributed by atoms with E-state index in [2.05, 4.69) is 35.2 Å². The number of methoxy groups -OCH3 is 1. The molecular weight excluding hydrogens is 374 g/mol. The Hall–Kier alpha value is -2.60. The fourth-order valence-electron chi connectivity index (χ4n) is 3.53. The number of carboxylic acids is 1. The van der Waals surface area contributed by atoms with Crippen LogP contribution in [0.15, 0.2) is 48.5 Å². The van der Waals surface area contributed by atoms with E-state index in [9.17, 15) is 4.79 Å². The van der Waals surface area contributed by atoms with Crippen LogP contribution in [0, 0.1) is 5.92 Å². The Morgan fingerprint density at radius 3 is 2.50 bits per heavy atom. The number of carboxylic acid groups (broad SMARTS) is 1. The smallest absolute Gasteiger partial charge is 0.341 e. The van der Waals surface area contributed by atoms with Crippen LogP contribution in [-0.4, -0.2) is 47.8 Å². The van der Waals surface area contributed by atoms with Gasteiger partial charge in [-0.1, -0.05) is 42.5 Å². The van der Waals surface area contributed by atoms with Gasteiger partial charge in [-0.25, -0.2) is 4.79 Å². The number of hydrogen-bond donors (Lipinski definition) is 1. The van der Waals surface area contributed by atoms with Gasteiger partial charge in [-0.3, -0.25) is 0 Å². The van der Waals surface area contributed by atoms with Crippen LogP contribution in [-0.2, 0) is 11.2 Å². The van der Waals surface area contributed by atoms with Crippen molar-refractivity contribution in [3.05, 3.63) is 59.7 Å². The zero-order valence-electron chi connectivity index (χ0n) is 16.0. The van der Waals surface area contributed by atoms with Crippen LogP contribution in [0.4, 0.5) is 0 Å². The maximum absolute atomic E-state index is 10.7. The molecule has 0 amide bonds. The summed E-state index contributed by atoms with van der Waals surface area (Å²) in [7, 11) is 1.53. The first-order valence-electron chi connectivity index (χ1n) is 9.42. The number of rotatable bonds is 7. The average Bonchev–Trinajstić information content (AvgIpc) is 2.73. The van der Waals surface area contributed by atoms with Crippen molar-refractivity contribution in [2.45, 2.75) is 19.3 Å². The van der Waals surface area contributed by atoms with Gasteiger partial charge in [-0.2, -0.15) is 0 Å². The average molecular weight is 400 g/mol. The predicted molar refractivity (Wildman–Crippen MR) is 112 cm³/mol. The molecule has 0 atom stereocenters. The summed E-state index contributed by atoms with van der Waals surface area (Å²) in [5, 5.41) is 8.77.